The number of allylic oxidation sites excluding steroid dienone is 1. The third-order valence-corrected chi connectivity index (χ3v) is 15.7. The molecule has 0 aromatic heterocycles. The van der Waals surface area contributed by atoms with Crippen molar-refractivity contribution < 1.29 is 16.1 Å². The van der Waals surface area contributed by atoms with Gasteiger partial charge in [-0.25, -0.2) is 0 Å². The van der Waals surface area contributed by atoms with Gasteiger partial charge < -0.3 is 0 Å². The van der Waals surface area contributed by atoms with Crippen LogP contribution in [0.1, 0.15) is 15.6 Å². The summed E-state index contributed by atoms with van der Waals surface area (Å²) in [6.45, 7) is 0. The maximum atomic E-state index is 6.10. The first-order valence-electron chi connectivity index (χ1n) is 17.2. The SMILES string of the molecule is CN(C)C1=Cc2ccccc2[CH]1[Ru][Cl].c1ccc(P(c2ccccc2)c2ccccc2)cc1.c1ccc(P(c2ccccc2)c2ccccc2)cc1. The molecule has 0 fully saturated rings. The Balaban J connectivity index is 0.000000136. The topological polar surface area (TPSA) is 3.24 Å². The molecule has 1 atom stereocenters. The van der Waals surface area contributed by atoms with Crippen LogP contribution >= 0.6 is 25.5 Å². The Morgan fingerprint density at radius 2 is 0.673 bits per heavy atom. The molecule has 52 heavy (non-hydrogen) atoms. The minimum Gasteiger partial charge on any atom is -0.0622 e. The van der Waals surface area contributed by atoms with E-state index >= 15 is 0 Å². The van der Waals surface area contributed by atoms with E-state index in [0.717, 1.165) is 0 Å². The summed E-state index contributed by atoms with van der Waals surface area (Å²) in [5.41, 5.74) is 4.07. The van der Waals surface area contributed by atoms with Crippen LogP contribution in [0, 0.1) is 0 Å². The molecule has 1 unspecified atom stereocenters. The molecular formula is C47H42ClNP2Ru. The molecule has 0 bridgehead atoms. The van der Waals surface area contributed by atoms with Gasteiger partial charge in [-0.15, -0.1) is 0 Å². The van der Waals surface area contributed by atoms with E-state index in [1.165, 1.54) is 48.7 Å². The number of nitrogens with zero attached hydrogens (tertiary/aromatic N) is 1. The Bertz CT molecular complexity index is 1790. The molecule has 0 aliphatic heterocycles. The molecule has 7 aromatic rings. The third kappa shape index (κ3) is 9.83. The molecule has 8 rings (SSSR count). The molecule has 260 valence electrons. The first kappa shape index (κ1) is 37.6. The zero-order valence-electron chi connectivity index (χ0n) is 29.4. The summed E-state index contributed by atoms with van der Waals surface area (Å²) in [6.07, 6.45) is 2.25. The third-order valence-electron chi connectivity index (χ3n) is 8.50. The number of likely N-dealkylation sites (N-methyl/N-ethyl adjacent to an activating group) is 1. The molecule has 5 heteroatoms. The maximum Gasteiger partial charge on any atom is -0.0134 e. The summed E-state index contributed by atoms with van der Waals surface area (Å²) in [6, 6.07) is 73.2. The van der Waals surface area contributed by atoms with E-state index < -0.39 is 15.8 Å². The number of benzene rings is 7. The molecule has 0 spiro atoms. The van der Waals surface area contributed by atoms with Crippen LogP contribution in [0.3, 0.4) is 0 Å². The van der Waals surface area contributed by atoms with Crippen LogP contribution < -0.4 is 31.8 Å². The first-order valence-corrected chi connectivity index (χ1v) is 23.2. The minimum absolute atomic E-state index is 0.124. The van der Waals surface area contributed by atoms with E-state index in [0.29, 0.717) is 4.51 Å². The van der Waals surface area contributed by atoms with E-state index in [1.54, 1.807) is 0 Å². The van der Waals surface area contributed by atoms with Gasteiger partial charge in [0.15, 0.2) is 0 Å². The fourth-order valence-electron chi connectivity index (χ4n) is 6.04. The predicted molar refractivity (Wildman–Crippen MR) is 227 cm³/mol. The molecular weight excluding hydrogens is 777 g/mol. The van der Waals surface area contributed by atoms with E-state index in [1.807, 2.05) is 0 Å². The van der Waals surface area contributed by atoms with Gasteiger partial charge in [0.05, 0.1) is 0 Å². The van der Waals surface area contributed by atoms with Crippen molar-refractivity contribution in [1.82, 2.24) is 4.90 Å². The number of hydrogen-bond acceptors (Lipinski definition) is 1. The van der Waals surface area contributed by atoms with Crippen LogP contribution in [0.2, 0.25) is 0 Å². The van der Waals surface area contributed by atoms with Crippen molar-refractivity contribution in [2.24, 2.45) is 0 Å². The van der Waals surface area contributed by atoms with Gasteiger partial charge in [0.1, 0.15) is 0 Å². The molecule has 0 saturated carbocycles. The second kappa shape index (κ2) is 19.6. The average Bonchev–Trinajstić information content (AvgIpc) is 3.61. The second-order valence-electron chi connectivity index (χ2n) is 12.2. The summed E-state index contributed by atoms with van der Waals surface area (Å²) in [7, 11) is 9.37. The van der Waals surface area contributed by atoms with Gasteiger partial charge in [-0.3, -0.25) is 0 Å². The molecule has 1 aliphatic rings. The van der Waals surface area contributed by atoms with Crippen LogP contribution in [-0.2, 0) is 16.1 Å². The molecule has 0 N–H and O–H groups in total. The Morgan fingerprint density at radius 1 is 0.404 bits per heavy atom. The normalized spacial score (nSPS) is 12.9. The van der Waals surface area contributed by atoms with Gasteiger partial charge in [-0.1, -0.05) is 182 Å². The largest absolute Gasteiger partial charge is 0.0622 e. The van der Waals surface area contributed by atoms with Gasteiger partial charge >= 0.3 is 96.5 Å². The van der Waals surface area contributed by atoms with Gasteiger partial charge in [0, 0.05) is 0 Å². The van der Waals surface area contributed by atoms with Crippen molar-refractivity contribution >= 4 is 63.4 Å². The molecule has 1 nitrogen and oxygen atoms in total. The smallest absolute Gasteiger partial charge is 0.0134 e. The van der Waals surface area contributed by atoms with Crippen molar-refractivity contribution in [2.45, 2.75) is 4.51 Å². The van der Waals surface area contributed by atoms with Crippen molar-refractivity contribution in [3.8, 4) is 0 Å². The fraction of sp³-hybridized carbons (Fsp3) is 0.0638. The molecule has 1 aliphatic carbocycles. The zero-order valence-corrected chi connectivity index (χ0v) is 33.6. The van der Waals surface area contributed by atoms with Crippen LogP contribution in [0.25, 0.3) is 6.08 Å². The van der Waals surface area contributed by atoms with E-state index in [2.05, 4.69) is 231 Å². The summed E-state index contributed by atoms with van der Waals surface area (Å²) in [5, 5.41) is 8.39. The Kier molecular flexibility index (Phi) is 14.2. The van der Waals surface area contributed by atoms with E-state index in [4.69, 9.17) is 9.69 Å². The second-order valence-corrected chi connectivity index (χ2v) is 18.9. The van der Waals surface area contributed by atoms with E-state index in [9.17, 15) is 0 Å². The zero-order chi connectivity index (χ0) is 36.0. The summed E-state index contributed by atoms with van der Waals surface area (Å²) in [5.74, 6) is 0. The van der Waals surface area contributed by atoms with Crippen molar-refractivity contribution in [3.05, 3.63) is 223 Å². The van der Waals surface area contributed by atoms with Crippen LogP contribution in [-0.4, -0.2) is 19.0 Å². The van der Waals surface area contributed by atoms with Crippen LogP contribution in [0.4, 0.5) is 0 Å². The van der Waals surface area contributed by atoms with E-state index in [-0.39, 0.29) is 16.1 Å². The standard InChI is InChI=1S/2C18H15P.C11H12N.ClH.Ru/c2*1-4-10-16(11-5-1)19(17-12-6-2-7-13-17)18-14-8-3-9-15-18;1-12(2)11-7-9-5-3-4-6-10(9)8-11;;/h2*1-15H;3-8H,1-2H3;1H;/q;;;;+1/p-1. The van der Waals surface area contributed by atoms with Crippen LogP contribution in [0.15, 0.2) is 212 Å². The van der Waals surface area contributed by atoms with Crippen LogP contribution in [0.5, 0.6) is 0 Å². The fourth-order valence-corrected chi connectivity index (χ4v) is 13.1. The van der Waals surface area contributed by atoms with Gasteiger partial charge in [0.25, 0.3) is 0 Å². The monoisotopic (exact) mass is 819 g/mol. The predicted octanol–water partition coefficient (Wildman–Crippen LogP) is 9.77. The maximum absolute atomic E-state index is 6.10. The summed E-state index contributed by atoms with van der Waals surface area (Å²) in [4.78, 5) is 2.17. The van der Waals surface area contributed by atoms with Crippen molar-refractivity contribution in [3.63, 3.8) is 0 Å². The minimum atomic E-state index is -0.446. The number of hydrogen-bond donors (Lipinski definition) is 0. The molecule has 0 saturated heterocycles. The average molecular weight is 819 g/mol. The van der Waals surface area contributed by atoms with Gasteiger partial charge in [0.2, 0.25) is 0 Å². The molecule has 0 heterocycles. The Hall–Kier alpha value is -4.15. The summed E-state index contributed by atoms with van der Waals surface area (Å²) >= 11 is -0.124. The first-order chi connectivity index (χ1) is 25.6. The quantitative estimate of drug-likeness (QED) is 0.109. The molecule has 0 radical (unpaired) electrons. The Morgan fingerprint density at radius 3 is 0.942 bits per heavy atom. The number of rotatable bonds is 8. The molecule has 7 aromatic carbocycles. The van der Waals surface area contributed by atoms with Crippen molar-refractivity contribution in [1.29, 1.82) is 0 Å². The number of fused-ring (bicyclic) bond motifs is 1. The van der Waals surface area contributed by atoms with Gasteiger partial charge in [-0.05, 0) is 47.7 Å². The Labute approximate surface area is 324 Å². The number of halogens is 1. The summed E-state index contributed by atoms with van der Waals surface area (Å²) < 4.78 is 0.454. The van der Waals surface area contributed by atoms with Crippen molar-refractivity contribution in [2.75, 3.05) is 14.1 Å². The van der Waals surface area contributed by atoms with Gasteiger partial charge in [-0.2, -0.15) is 0 Å². The molecule has 0 amide bonds.